The normalized spacial score (nSPS) is 19.3. The van der Waals surface area contributed by atoms with E-state index in [1.807, 2.05) is 0 Å². The van der Waals surface area contributed by atoms with Crippen molar-refractivity contribution in [3.63, 3.8) is 0 Å². The molecule has 1 N–H and O–H groups in total. The molecular formula is C17H16ClF2N3OS. The van der Waals surface area contributed by atoms with E-state index >= 15 is 0 Å². The second-order valence-electron chi connectivity index (χ2n) is 5.79. The first-order valence-corrected chi connectivity index (χ1v) is 8.74. The van der Waals surface area contributed by atoms with Gasteiger partial charge < -0.3 is 4.90 Å². The maximum atomic E-state index is 12.9. The smallest absolute Gasteiger partial charge is 0.272 e. The summed E-state index contributed by atoms with van der Waals surface area (Å²) in [5.41, 5.74) is 4.03. The molecule has 8 heteroatoms. The van der Waals surface area contributed by atoms with Crippen molar-refractivity contribution >= 4 is 34.5 Å². The van der Waals surface area contributed by atoms with E-state index in [-0.39, 0.29) is 11.5 Å². The van der Waals surface area contributed by atoms with Crippen molar-refractivity contribution in [1.82, 2.24) is 10.3 Å². The molecule has 0 spiro atoms. The number of carbonyl (C=O) groups is 1. The highest BCUT2D eigenvalue weighted by molar-refractivity contribution is 7.10. The topological polar surface area (TPSA) is 35.6 Å². The van der Waals surface area contributed by atoms with Crippen LogP contribution in [0.4, 0.5) is 14.5 Å². The molecule has 2 aromatic rings. The highest BCUT2D eigenvalue weighted by Crippen LogP contribution is 2.38. The molecule has 0 bridgehead atoms. The van der Waals surface area contributed by atoms with Crippen molar-refractivity contribution in [2.24, 2.45) is 0 Å². The lowest BCUT2D eigenvalue weighted by Crippen LogP contribution is -2.35. The Hall–Kier alpha value is -1.96. The fourth-order valence-corrected chi connectivity index (χ4v) is 3.76. The summed E-state index contributed by atoms with van der Waals surface area (Å²) in [6.45, 7) is 0. The van der Waals surface area contributed by atoms with Crippen LogP contribution in [0.25, 0.3) is 0 Å². The molecule has 1 atom stereocenters. The van der Waals surface area contributed by atoms with E-state index in [1.54, 1.807) is 49.5 Å². The predicted molar refractivity (Wildman–Crippen MR) is 95.9 cm³/mol. The summed E-state index contributed by atoms with van der Waals surface area (Å²) in [5.74, 6) is -0.265. The lowest BCUT2D eigenvalue weighted by molar-refractivity contribution is -0.114. The van der Waals surface area contributed by atoms with Crippen LogP contribution in [0.15, 0.2) is 47.5 Å². The van der Waals surface area contributed by atoms with Gasteiger partial charge in [-0.2, -0.15) is 0 Å². The van der Waals surface area contributed by atoms with Gasteiger partial charge >= 0.3 is 0 Å². The molecule has 1 aromatic heterocycles. The fraction of sp³-hybridized carbons (Fsp3) is 0.235. The molecular weight excluding hydrogens is 368 g/mol. The van der Waals surface area contributed by atoms with Gasteiger partial charge in [0.1, 0.15) is 0 Å². The number of alkyl halides is 2. The monoisotopic (exact) mass is 383 g/mol. The number of hydrogen-bond acceptors (Lipinski definition) is 4. The Morgan fingerprint density at radius 1 is 1.36 bits per heavy atom. The molecule has 3 rings (SSSR count). The summed E-state index contributed by atoms with van der Waals surface area (Å²) in [5, 5.41) is 3.20. The second-order valence-corrected chi connectivity index (χ2v) is 7.14. The zero-order valence-electron chi connectivity index (χ0n) is 13.5. The Bertz CT molecular complexity index is 822. The van der Waals surface area contributed by atoms with Gasteiger partial charge in [0.25, 0.3) is 12.3 Å². The van der Waals surface area contributed by atoms with Crippen LogP contribution in [0.3, 0.4) is 0 Å². The van der Waals surface area contributed by atoms with Crippen molar-refractivity contribution < 1.29 is 13.6 Å². The Balaban J connectivity index is 2.01. The summed E-state index contributed by atoms with van der Waals surface area (Å²) < 4.78 is 25.8. The average Bonchev–Trinajstić information content (AvgIpc) is 3.14. The predicted octanol–water partition coefficient (Wildman–Crippen LogP) is 4.38. The second kappa shape index (κ2) is 7.11. The highest BCUT2D eigenvalue weighted by atomic mass is 35.5. The lowest BCUT2D eigenvalue weighted by Gasteiger charge is -2.18. The third-order valence-corrected chi connectivity index (χ3v) is 5.02. The van der Waals surface area contributed by atoms with E-state index in [4.69, 9.17) is 11.6 Å². The van der Waals surface area contributed by atoms with E-state index in [0.29, 0.717) is 21.2 Å². The maximum Gasteiger partial charge on any atom is 0.272 e. The van der Waals surface area contributed by atoms with Crippen LogP contribution >= 0.6 is 22.9 Å². The zero-order chi connectivity index (χ0) is 18.1. The third kappa shape index (κ3) is 3.53. The Kier molecular flexibility index (Phi) is 5.08. The quantitative estimate of drug-likeness (QED) is 0.796. The number of carbonyl (C=O) groups excluding carboxylic acids is 1. The molecule has 1 amide bonds. The van der Waals surface area contributed by atoms with Gasteiger partial charge in [-0.1, -0.05) is 23.7 Å². The molecule has 4 nitrogen and oxygen atoms in total. The van der Waals surface area contributed by atoms with Crippen molar-refractivity contribution in [1.29, 1.82) is 0 Å². The van der Waals surface area contributed by atoms with E-state index < -0.39 is 12.5 Å². The third-order valence-electron chi connectivity index (χ3n) is 3.69. The van der Waals surface area contributed by atoms with Gasteiger partial charge in [0.15, 0.2) is 0 Å². The number of hydrogen-bond donors (Lipinski definition) is 1. The van der Waals surface area contributed by atoms with Gasteiger partial charge in [-0.25, -0.2) is 19.2 Å². The van der Waals surface area contributed by atoms with Crippen LogP contribution in [-0.2, 0) is 4.79 Å². The number of nitrogens with one attached hydrogen (secondary N) is 1. The number of benzene rings is 1. The number of para-hydroxylation sites is 1. The summed E-state index contributed by atoms with van der Waals surface area (Å²) in [7, 11) is 3.60. The van der Waals surface area contributed by atoms with Gasteiger partial charge in [0.05, 0.1) is 22.3 Å². The zero-order valence-corrected chi connectivity index (χ0v) is 15.1. The Morgan fingerprint density at radius 3 is 2.68 bits per heavy atom. The molecule has 1 aromatic carbocycles. The molecule has 1 aliphatic heterocycles. The van der Waals surface area contributed by atoms with Crippen molar-refractivity contribution in [3.8, 4) is 0 Å². The van der Waals surface area contributed by atoms with Gasteiger partial charge in [-0.05, 0) is 23.6 Å². The van der Waals surface area contributed by atoms with Gasteiger partial charge in [0, 0.05) is 30.7 Å². The van der Waals surface area contributed by atoms with Gasteiger partial charge in [-0.3, -0.25) is 4.79 Å². The number of rotatable bonds is 4. The maximum absolute atomic E-state index is 12.9. The molecule has 1 fully saturated rings. The van der Waals surface area contributed by atoms with E-state index in [9.17, 15) is 13.6 Å². The molecule has 1 unspecified atom stereocenters. The van der Waals surface area contributed by atoms with Crippen LogP contribution in [0, 0.1) is 0 Å². The van der Waals surface area contributed by atoms with Crippen molar-refractivity contribution in [3.05, 3.63) is 62.9 Å². The molecule has 0 aliphatic carbocycles. The van der Waals surface area contributed by atoms with Crippen LogP contribution in [0.2, 0.25) is 5.02 Å². The first kappa shape index (κ1) is 17.8. The van der Waals surface area contributed by atoms with Crippen LogP contribution in [0.5, 0.6) is 0 Å². The van der Waals surface area contributed by atoms with Crippen LogP contribution in [-0.4, -0.2) is 24.9 Å². The van der Waals surface area contributed by atoms with Crippen molar-refractivity contribution in [2.45, 2.75) is 12.5 Å². The highest BCUT2D eigenvalue weighted by Gasteiger charge is 2.38. The molecule has 1 aliphatic rings. The summed E-state index contributed by atoms with van der Waals surface area (Å²) in [6, 6.07) is 7.88. The minimum atomic E-state index is -2.54. The minimum Gasteiger partial charge on any atom is -0.383 e. The standard InChI is InChI=1S/C17H16ClF2N3OS/c1-22(2)8-11-15(14-7-10(9-25-14)16(19)20)21-23(17(11)24)13-6-4-3-5-12(13)18/h3-9,15-16,21H,1-2H3. The van der Waals surface area contributed by atoms with E-state index in [1.165, 1.54) is 27.8 Å². The van der Waals surface area contributed by atoms with E-state index in [0.717, 1.165) is 0 Å². The van der Waals surface area contributed by atoms with E-state index in [2.05, 4.69) is 5.43 Å². The number of anilines is 1. The molecule has 25 heavy (non-hydrogen) atoms. The molecule has 132 valence electrons. The van der Waals surface area contributed by atoms with Crippen molar-refractivity contribution in [2.75, 3.05) is 19.1 Å². The molecule has 1 saturated heterocycles. The first-order valence-electron chi connectivity index (χ1n) is 7.48. The Labute approximate surface area is 153 Å². The average molecular weight is 384 g/mol. The summed E-state index contributed by atoms with van der Waals surface area (Å²) in [6.07, 6.45) is -0.846. The number of thiophene rings is 1. The molecule has 2 heterocycles. The molecule has 0 saturated carbocycles. The largest absolute Gasteiger partial charge is 0.383 e. The Morgan fingerprint density at radius 2 is 2.08 bits per heavy atom. The van der Waals surface area contributed by atoms with Crippen LogP contribution < -0.4 is 10.4 Å². The number of halogens is 3. The van der Waals surface area contributed by atoms with Gasteiger partial charge in [0.2, 0.25) is 0 Å². The fourth-order valence-electron chi connectivity index (χ4n) is 2.58. The van der Waals surface area contributed by atoms with Gasteiger partial charge in [-0.15, -0.1) is 11.3 Å². The number of hydrazine groups is 1. The number of amides is 1. The molecule has 0 radical (unpaired) electrons. The lowest BCUT2D eigenvalue weighted by atomic mass is 10.1. The summed E-state index contributed by atoms with van der Waals surface area (Å²) in [4.78, 5) is 15.3. The minimum absolute atomic E-state index is 0.0466. The SMILES string of the molecule is CN(C)C=C1C(=O)N(c2ccccc2Cl)NC1c1cc(C(F)F)cs1. The number of nitrogens with zero attached hydrogens (tertiary/aromatic N) is 2. The first-order chi connectivity index (χ1) is 11.9. The summed E-state index contributed by atoms with van der Waals surface area (Å²) >= 11 is 7.40. The van der Waals surface area contributed by atoms with Crippen LogP contribution in [0.1, 0.15) is 22.9 Å².